The molecular weight excluding hydrogens is 580 g/mol. The zero-order chi connectivity index (χ0) is 28.1. The van der Waals surface area contributed by atoms with Crippen LogP contribution in [0.3, 0.4) is 0 Å². The number of carbonyl (C=O) groups excluding carboxylic acids is 1. The van der Waals surface area contributed by atoms with Crippen LogP contribution in [0.4, 0.5) is 5.82 Å². The van der Waals surface area contributed by atoms with E-state index < -0.39 is 5.91 Å². The van der Waals surface area contributed by atoms with Crippen molar-refractivity contribution in [3.8, 4) is 28.6 Å². The van der Waals surface area contributed by atoms with Crippen molar-refractivity contribution in [2.24, 2.45) is 5.10 Å². The Morgan fingerprint density at radius 2 is 1.93 bits per heavy atom. The molecule has 0 bridgehead atoms. The Bertz CT molecular complexity index is 1680. The first-order valence-electron chi connectivity index (χ1n) is 11.9. The Labute approximate surface area is 236 Å². The highest BCUT2D eigenvalue weighted by molar-refractivity contribution is 9.10. The van der Waals surface area contributed by atoms with E-state index >= 15 is 0 Å². The zero-order valence-corrected chi connectivity index (χ0v) is 23.0. The highest BCUT2D eigenvalue weighted by Gasteiger charge is 2.25. The number of anilines is 1. The number of benzene rings is 3. The van der Waals surface area contributed by atoms with Crippen molar-refractivity contribution in [1.29, 1.82) is 0 Å². The van der Waals surface area contributed by atoms with Gasteiger partial charge in [-0.05, 0) is 62.0 Å². The van der Waals surface area contributed by atoms with Gasteiger partial charge in [-0.25, -0.2) is 10.1 Å². The van der Waals surface area contributed by atoms with E-state index in [2.05, 4.69) is 47.1 Å². The van der Waals surface area contributed by atoms with Gasteiger partial charge in [-0.1, -0.05) is 59.8 Å². The molecular formula is C27H23BrN8O4. The van der Waals surface area contributed by atoms with Crippen LogP contribution in [-0.2, 0) is 6.61 Å². The Balaban J connectivity index is 1.35. The summed E-state index contributed by atoms with van der Waals surface area (Å²) in [5.74, 6) is 0.565. The number of hydrazone groups is 1. The molecule has 0 aliphatic carbocycles. The van der Waals surface area contributed by atoms with Gasteiger partial charge in [0, 0.05) is 5.56 Å². The van der Waals surface area contributed by atoms with Crippen molar-refractivity contribution in [2.45, 2.75) is 13.5 Å². The summed E-state index contributed by atoms with van der Waals surface area (Å²) < 4.78 is 18.2. The minimum Gasteiger partial charge on any atom is -0.493 e. The van der Waals surface area contributed by atoms with Gasteiger partial charge in [-0.3, -0.25) is 4.79 Å². The smallest absolute Gasteiger partial charge is 0.294 e. The SMILES string of the molecule is COc1cc(/C=N\NC(=O)c2nnn(-c3nonc3N)c2-c2ccccc2)cc(Br)c1OCc1ccccc1C. The number of nitrogens with zero attached hydrogens (tertiary/aromatic N) is 6. The number of nitrogens with one attached hydrogen (secondary N) is 1. The fourth-order valence-electron chi connectivity index (χ4n) is 3.87. The van der Waals surface area contributed by atoms with E-state index in [0.717, 1.165) is 11.1 Å². The van der Waals surface area contributed by atoms with Crippen LogP contribution in [0, 0.1) is 6.92 Å². The number of methoxy groups -OCH3 is 1. The van der Waals surface area contributed by atoms with E-state index in [9.17, 15) is 4.79 Å². The fourth-order valence-corrected chi connectivity index (χ4v) is 4.44. The molecule has 202 valence electrons. The number of ether oxygens (including phenoxy) is 2. The first kappa shape index (κ1) is 26.6. The standard InChI is InChI=1S/C27H23BrN8O4/c1-16-8-6-7-11-19(16)15-39-24-20(28)12-17(13-21(24)38-2)14-30-32-27(37)22-23(18-9-4-3-5-10-18)36(35-31-22)26-25(29)33-40-34-26/h3-14H,15H2,1-2H3,(H2,29,33)(H,32,37)/b30-14-. The molecule has 1 amide bonds. The summed E-state index contributed by atoms with van der Waals surface area (Å²) in [7, 11) is 1.55. The molecule has 40 heavy (non-hydrogen) atoms. The third kappa shape index (κ3) is 5.54. The number of nitrogens with two attached hydrogens (primary N) is 1. The van der Waals surface area contributed by atoms with E-state index in [1.165, 1.54) is 10.9 Å². The lowest BCUT2D eigenvalue weighted by atomic mass is 10.1. The maximum atomic E-state index is 13.1. The third-order valence-electron chi connectivity index (χ3n) is 5.89. The molecule has 0 aliphatic rings. The van der Waals surface area contributed by atoms with E-state index in [4.69, 9.17) is 19.8 Å². The van der Waals surface area contributed by atoms with Crippen molar-refractivity contribution in [3.63, 3.8) is 0 Å². The van der Waals surface area contributed by atoms with Gasteiger partial charge in [-0.15, -0.1) is 5.10 Å². The maximum absolute atomic E-state index is 13.1. The monoisotopic (exact) mass is 602 g/mol. The second-order valence-electron chi connectivity index (χ2n) is 8.49. The lowest BCUT2D eigenvalue weighted by Gasteiger charge is -2.14. The molecule has 5 aromatic rings. The highest BCUT2D eigenvalue weighted by atomic mass is 79.9. The first-order valence-corrected chi connectivity index (χ1v) is 12.7. The van der Waals surface area contributed by atoms with Crippen LogP contribution in [0.15, 0.2) is 80.9 Å². The van der Waals surface area contributed by atoms with Gasteiger partial charge in [0.15, 0.2) is 17.2 Å². The summed E-state index contributed by atoms with van der Waals surface area (Å²) in [6.45, 7) is 2.41. The molecule has 0 atom stereocenters. The Morgan fingerprint density at radius 3 is 2.65 bits per heavy atom. The number of carbonyl (C=O) groups is 1. The van der Waals surface area contributed by atoms with Gasteiger partial charge in [0.1, 0.15) is 12.3 Å². The fraction of sp³-hybridized carbons (Fsp3) is 0.111. The average molecular weight is 603 g/mol. The molecule has 3 aromatic carbocycles. The minimum absolute atomic E-state index is 0.00193. The number of nitrogen functional groups attached to an aromatic ring is 1. The summed E-state index contributed by atoms with van der Waals surface area (Å²) in [6, 6.07) is 20.6. The predicted molar refractivity (Wildman–Crippen MR) is 150 cm³/mol. The van der Waals surface area contributed by atoms with E-state index in [0.29, 0.717) is 39.4 Å². The summed E-state index contributed by atoms with van der Waals surface area (Å²) in [4.78, 5) is 13.1. The third-order valence-corrected chi connectivity index (χ3v) is 6.48. The van der Waals surface area contributed by atoms with E-state index in [-0.39, 0.29) is 17.3 Å². The van der Waals surface area contributed by atoms with Gasteiger partial charge >= 0.3 is 0 Å². The lowest BCUT2D eigenvalue weighted by molar-refractivity contribution is 0.0950. The number of hydrogen-bond acceptors (Lipinski definition) is 10. The molecule has 13 heteroatoms. The first-order chi connectivity index (χ1) is 19.5. The van der Waals surface area contributed by atoms with Crippen molar-refractivity contribution < 1.29 is 18.9 Å². The second kappa shape index (κ2) is 11.8. The molecule has 0 fully saturated rings. The van der Waals surface area contributed by atoms with Crippen molar-refractivity contribution >= 4 is 33.9 Å². The predicted octanol–water partition coefficient (Wildman–Crippen LogP) is 4.32. The van der Waals surface area contributed by atoms with E-state index in [1.807, 2.05) is 49.4 Å². The largest absolute Gasteiger partial charge is 0.493 e. The van der Waals surface area contributed by atoms with Crippen LogP contribution in [0.25, 0.3) is 17.1 Å². The van der Waals surface area contributed by atoms with Crippen LogP contribution in [0.1, 0.15) is 27.2 Å². The number of rotatable bonds is 9. The van der Waals surface area contributed by atoms with Crippen molar-refractivity contribution in [1.82, 2.24) is 30.7 Å². The molecule has 0 aliphatic heterocycles. The van der Waals surface area contributed by atoms with Crippen LogP contribution < -0.4 is 20.6 Å². The molecule has 5 rings (SSSR count). The van der Waals surface area contributed by atoms with Crippen molar-refractivity contribution in [2.75, 3.05) is 12.8 Å². The van der Waals surface area contributed by atoms with Crippen LogP contribution >= 0.6 is 15.9 Å². The summed E-state index contributed by atoms with van der Waals surface area (Å²) >= 11 is 3.55. The lowest BCUT2D eigenvalue weighted by Crippen LogP contribution is -2.19. The molecule has 0 radical (unpaired) electrons. The zero-order valence-electron chi connectivity index (χ0n) is 21.4. The minimum atomic E-state index is -0.597. The normalized spacial score (nSPS) is 11.1. The quantitative estimate of drug-likeness (QED) is 0.185. The van der Waals surface area contributed by atoms with Gasteiger partial charge in [-0.2, -0.15) is 9.78 Å². The van der Waals surface area contributed by atoms with E-state index in [1.54, 1.807) is 31.4 Å². The summed E-state index contributed by atoms with van der Waals surface area (Å²) in [5, 5.41) is 19.5. The molecule has 3 N–H and O–H groups in total. The van der Waals surface area contributed by atoms with Crippen LogP contribution in [-0.4, -0.2) is 44.5 Å². The van der Waals surface area contributed by atoms with Gasteiger partial charge in [0.05, 0.1) is 17.8 Å². The highest BCUT2D eigenvalue weighted by Crippen LogP contribution is 2.37. The number of aromatic nitrogens is 5. The average Bonchev–Trinajstić information content (AvgIpc) is 3.59. The molecule has 0 saturated carbocycles. The van der Waals surface area contributed by atoms with Crippen LogP contribution in [0.5, 0.6) is 11.5 Å². The number of aryl methyl sites for hydroxylation is 1. The van der Waals surface area contributed by atoms with Gasteiger partial charge in [0.2, 0.25) is 11.6 Å². The summed E-state index contributed by atoms with van der Waals surface area (Å²) in [5.41, 5.74) is 12.2. The van der Waals surface area contributed by atoms with Crippen LogP contribution in [0.2, 0.25) is 0 Å². The maximum Gasteiger partial charge on any atom is 0.294 e. The molecule has 0 unspecified atom stereocenters. The molecule has 2 heterocycles. The Morgan fingerprint density at radius 1 is 1.15 bits per heavy atom. The Kier molecular flexibility index (Phi) is 7.82. The van der Waals surface area contributed by atoms with Gasteiger partial charge in [0.25, 0.3) is 5.91 Å². The second-order valence-corrected chi connectivity index (χ2v) is 9.34. The van der Waals surface area contributed by atoms with Crippen molar-refractivity contribution in [3.05, 3.63) is 93.6 Å². The molecule has 0 spiro atoms. The summed E-state index contributed by atoms with van der Waals surface area (Å²) in [6.07, 6.45) is 1.47. The molecule has 12 nitrogen and oxygen atoms in total. The number of hydrogen-bond donors (Lipinski definition) is 2. The van der Waals surface area contributed by atoms with Gasteiger partial charge < -0.3 is 15.2 Å². The Hall–Kier alpha value is -5.04. The molecule has 0 saturated heterocycles. The molecule has 2 aromatic heterocycles. The topological polar surface area (TPSA) is 156 Å². The number of halogens is 1. The number of amides is 1.